The fourth-order valence-electron chi connectivity index (χ4n) is 6.90. The Morgan fingerprint density at radius 2 is 2.06 bits per heavy atom. The minimum Gasteiger partial charge on any atom is -0.463 e. The summed E-state index contributed by atoms with van der Waals surface area (Å²) in [6.45, 7) is 13.8. The second kappa shape index (κ2) is 16.4. The minimum atomic E-state index is -0.0864. The Balaban J connectivity index is 1.46. The fraction of sp³-hybridized carbons (Fsp3) is 0.415. The molecule has 3 aromatic rings. The topological polar surface area (TPSA) is 79.1 Å². The van der Waals surface area contributed by atoms with E-state index in [-0.39, 0.29) is 11.7 Å². The van der Waals surface area contributed by atoms with Crippen LogP contribution in [-0.4, -0.2) is 35.4 Å². The van der Waals surface area contributed by atoms with E-state index in [1.807, 2.05) is 12.2 Å². The Morgan fingerprint density at radius 1 is 1.19 bits per heavy atom. The predicted molar refractivity (Wildman–Crippen MR) is 192 cm³/mol. The zero-order valence-electron chi connectivity index (χ0n) is 28.1. The van der Waals surface area contributed by atoms with Gasteiger partial charge in [-0.25, -0.2) is 0 Å². The number of unbranched alkanes of at least 4 members (excludes halogenated alkanes) is 1. The SMILES string of the molecule is C=CC[C@@H](CCCC)COc1nc2c(c(N3CCC(C(=O)C=C)=CC(CC#N)C3)n1)CCC(Cc1cccc3ccc(C)cc13)=CC2. The minimum absolute atomic E-state index is 0.0712. The van der Waals surface area contributed by atoms with Crippen LogP contribution in [0.15, 0.2) is 85.0 Å². The molecule has 0 bridgehead atoms. The van der Waals surface area contributed by atoms with E-state index >= 15 is 0 Å². The van der Waals surface area contributed by atoms with Crippen LogP contribution in [0.5, 0.6) is 6.01 Å². The maximum absolute atomic E-state index is 12.7. The molecule has 1 aliphatic heterocycles. The van der Waals surface area contributed by atoms with Crippen molar-refractivity contribution in [3.8, 4) is 12.1 Å². The highest BCUT2D eigenvalue weighted by Gasteiger charge is 2.27. The molecule has 5 rings (SSSR count). The van der Waals surface area contributed by atoms with Crippen LogP contribution in [0.3, 0.4) is 0 Å². The van der Waals surface area contributed by atoms with Gasteiger partial charge in [0.2, 0.25) is 0 Å². The molecule has 0 spiro atoms. The number of ketones is 1. The highest BCUT2D eigenvalue weighted by atomic mass is 16.5. The van der Waals surface area contributed by atoms with E-state index in [0.29, 0.717) is 50.9 Å². The zero-order chi connectivity index (χ0) is 33.2. The third-order valence-electron chi connectivity index (χ3n) is 9.49. The number of rotatable bonds is 14. The molecule has 1 unspecified atom stereocenters. The Bertz CT molecular complexity index is 1710. The van der Waals surface area contributed by atoms with Gasteiger partial charge in [-0.1, -0.05) is 92.1 Å². The highest BCUT2D eigenvalue weighted by molar-refractivity contribution is 6.03. The number of benzene rings is 2. The summed E-state index contributed by atoms with van der Waals surface area (Å²) in [7, 11) is 0. The third-order valence-corrected chi connectivity index (χ3v) is 9.49. The number of nitrogens with zero attached hydrogens (tertiary/aromatic N) is 4. The van der Waals surface area contributed by atoms with Crippen molar-refractivity contribution in [2.24, 2.45) is 11.8 Å². The van der Waals surface area contributed by atoms with Gasteiger partial charge in [0.25, 0.3) is 0 Å². The molecule has 2 aromatic carbocycles. The van der Waals surface area contributed by atoms with Crippen LogP contribution in [0.1, 0.15) is 74.3 Å². The summed E-state index contributed by atoms with van der Waals surface area (Å²) in [6, 6.07) is 16.0. The molecule has 1 aromatic heterocycles. The van der Waals surface area contributed by atoms with Gasteiger partial charge in [-0.05, 0) is 79.4 Å². The summed E-state index contributed by atoms with van der Waals surface area (Å²) in [6.07, 6.45) is 16.2. The molecule has 6 nitrogen and oxygen atoms in total. The summed E-state index contributed by atoms with van der Waals surface area (Å²) >= 11 is 0. The van der Waals surface area contributed by atoms with Gasteiger partial charge < -0.3 is 9.64 Å². The second-order valence-corrected chi connectivity index (χ2v) is 13.1. The lowest BCUT2D eigenvalue weighted by molar-refractivity contribution is -0.111. The maximum atomic E-state index is 12.7. The molecule has 244 valence electrons. The Kier molecular flexibility index (Phi) is 11.8. The normalized spacial score (nSPS) is 17.0. The van der Waals surface area contributed by atoms with Crippen molar-refractivity contribution in [1.29, 1.82) is 5.26 Å². The average molecular weight is 629 g/mol. The number of aromatic nitrogens is 2. The van der Waals surface area contributed by atoms with Crippen molar-refractivity contribution in [3.63, 3.8) is 0 Å². The van der Waals surface area contributed by atoms with E-state index < -0.39 is 0 Å². The first-order chi connectivity index (χ1) is 22.9. The largest absolute Gasteiger partial charge is 0.463 e. The second-order valence-electron chi connectivity index (χ2n) is 13.1. The molecule has 6 heteroatoms. The molecule has 1 aliphatic carbocycles. The van der Waals surface area contributed by atoms with Crippen molar-refractivity contribution in [1.82, 2.24) is 9.97 Å². The van der Waals surface area contributed by atoms with Crippen LogP contribution in [-0.2, 0) is 24.1 Å². The molecule has 0 saturated heterocycles. The first-order valence-corrected chi connectivity index (χ1v) is 17.2. The highest BCUT2D eigenvalue weighted by Crippen LogP contribution is 2.34. The number of anilines is 1. The lowest BCUT2D eigenvalue weighted by Crippen LogP contribution is -2.31. The molecule has 2 aliphatic rings. The number of aryl methyl sites for hydroxylation is 1. The van der Waals surface area contributed by atoms with E-state index in [0.717, 1.165) is 67.6 Å². The van der Waals surface area contributed by atoms with Crippen molar-refractivity contribution in [2.45, 2.75) is 78.1 Å². The number of hydrogen-bond donors (Lipinski definition) is 0. The fourth-order valence-corrected chi connectivity index (χ4v) is 6.90. The summed E-state index contributed by atoms with van der Waals surface area (Å²) < 4.78 is 6.37. The molecule has 0 radical (unpaired) electrons. The van der Waals surface area contributed by atoms with E-state index in [4.69, 9.17) is 14.7 Å². The quantitative estimate of drug-likeness (QED) is 0.131. The Labute approximate surface area is 280 Å². The van der Waals surface area contributed by atoms with Gasteiger partial charge in [-0.15, -0.1) is 6.58 Å². The lowest BCUT2D eigenvalue weighted by Gasteiger charge is -2.28. The molecule has 0 fully saturated rings. The van der Waals surface area contributed by atoms with Gasteiger partial charge in [0.1, 0.15) is 5.82 Å². The molecular formula is C41H48N4O2. The monoisotopic (exact) mass is 628 g/mol. The average Bonchev–Trinajstić information content (AvgIpc) is 3.42. The number of fused-ring (bicyclic) bond motifs is 2. The van der Waals surface area contributed by atoms with Crippen LogP contribution in [0.2, 0.25) is 0 Å². The van der Waals surface area contributed by atoms with E-state index in [2.05, 4.69) is 80.4 Å². The van der Waals surface area contributed by atoms with Crippen molar-refractivity contribution >= 4 is 22.4 Å². The Hall–Kier alpha value is -4.50. The van der Waals surface area contributed by atoms with Gasteiger partial charge in [0, 0.05) is 37.4 Å². The molecular weight excluding hydrogens is 580 g/mol. The van der Waals surface area contributed by atoms with Crippen LogP contribution in [0, 0.1) is 30.1 Å². The van der Waals surface area contributed by atoms with Gasteiger partial charge >= 0.3 is 6.01 Å². The number of ether oxygens (including phenoxy) is 1. The predicted octanol–water partition coefficient (Wildman–Crippen LogP) is 8.78. The molecule has 0 amide bonds. The van der Waals surface area contributed by atoms with Gasteiger partial charge in [-0.2, -0.15) is 15.2 Å². The van der Waals surface area contributed by atoms with Crippen LogP contribution < -0.4 is 9.64 Å². The van der Waals surface area contributed by atoms with Gasteiger partial charge in [0.05, 0.1) is 18.4 Å². The molecule has 47 heavy (non-hydrogen) atoms. The molecule has 2 atom stereocenters. The van der Waals surface area contributed by atoms with Gasteiger partial charge in [-0.3, -0.25) is 4.79 Å². The summed E-state index contributed by atoms with van der Waals surface area (Å²) in [5.74, 6) is 1.08. The first kappa shape index (κ1) is 33.9. The number of hydrogen-bond acceptors (Lipinski definition) is 6. The number of carbonyl (C=O) groups is 1. The van der Waals surface area contributed by atoms with Crippen molar-refractivity contribution in [2.75, 3.05) is 24.6 Å². The standard InChI is InChI=1S/C41H48N4O2/c1-5-8-11-31(10-6-2)28-47-41-43-38-19-16-30(25-34-13-9-12-33-17-14-29(4)24-37(33)34)15-18-36(38)40(44-41)45-23-21-35(39(46)7-3)26-32(27-45)20-22-42/h6-7,9,12-14,16-17,24,26,31-32H,2-3,5,8,10-11,15,18-21,23,25,27-28H2,1,4H3/t31-,32?/m0/s1. The van der Waals surface area contributed by atoms with Crippen LogP contribution >= 0.6 is 0 Å². The van der Waals surface area contributed by atoms with Crippen LogP contribution in [0.4, 0.5) is 5.82 Å². The smallest absolute Gasteiger partial charge is 0.318 e. The lowest BCUT2D eigenvalue weighted by atomic mass is 9.95. The zero-order valence-corrected chi connectivity index (χ0v) is 28.1. The van der Waals surface area contributed by atoms with E-state index in [1.54, 1.807) is 0 Å². The number of nitriles is 1. The Morgan fingerprint density at radius 3 is 2.85 bits per heavy atom. The molecule has 0 N–H and O–H groups in total. The summed E-state index contributed by atoms with van der Waals surface area (Å²) in [4.78, 5) is 25.0. The van der Waals surface area contributed by atoms with Crippen molar-refractivity contribution < 1.29 is 9.53 Å². The number of allylic oxidation sites excluding steroid dienone is 4. The van der Waals surface area contributed by atoms with Crippen molar-refractivity contribution in [3.05, 3.63) is 107 Å². The van der Waals surface area contributed by atoms with E-state index in [9.17, 15) is 10.1 Å². The number of carbonyl (C=O) groups excluding carboxylic acids is 1. The van der Waals surface area contributed by atoms with E-state index in [1.165, 1.54) is 33.5 Å². The summed E-state index contributed by atoms with van der Waals surface area (Å²) in [5.41, 5.74) is 6.87. The third kappa shape index (κ3) is 8.65. The maximum Gasteiger partial charge on any atom is 0.318 e. The molecule has 2 heterocycles. The van der Waals surface area contributed by atoms with Gasteiger partial charge in [0.15, 0.2) is 5.78 Å². The van der Waals surface area contributed by atoms with Crippen LogP contribution in [0.25, 0.3) is 10.8 Å². The summed E-state index contributed by atoms with van der Waals surface area (Å²) in [5, 5.41) is 12.2. The molecule has 0 saturated carbocycles. The first-order valence-electron chi connectivity index (χ1n) is 17.2.